The van der Waals surface area contributed by atoms with Crippen LogP contribution >= 0.6 is 11.8 Å². The van der Waals surface area contributed by atoms with E-state index < -0.39 is 10.0 Å². The van der Waals surface area contributed by atoms with Gasteiger partial charge in [-0.05, 0) is 54.8 Å². The van der Waals surface area contributed by atoms with Crippen LogP contribution in [0.3, 0.4) is 0 Å². The SMILES string of the molecule is CCN(CC)S(=O)(=O)c1ccc(NC(=O)COc2ccc(SC)cc2)cc1. The smallest absolute Gasteiger partial charge is 0.262 e. The predicted molar refractivity (Wildman–Crippen MR) is 109 cm³/mol. The van der Waals surface area contributed by atoms with Gasteiger partial charge in [0.1, 0.15) is 5.75 Å². The van der Waals surface area contributed by atoms with E-state index in [1.165, 1.54) is 16.4 Å². The number of nitrogens with zero attached hydrogens (tertiary/aromatic N) is 1. The number of hydrogen-bond acceptors (Lipinski definition) is 5. The lowest BCUT2D eigenvalue weighted by atomic mass is 10.3. The van der Waals surface area contributed by atoms with E-state index in [4.69, 9.17) is 4.74 Å². The molecule has 0 unspecified atom stereocenters. The highest BCUT2D eigenvalue weighted by atomic mass is 32.2. The number of ether oxygens (including phenoxy) is 1. The van der Waals surface area contributed by atoms with Crippen LogP contribution < -0.4 is 10.1 Å². The van der Waals surface area contributed by atoms with Gasteiger partial charge in [-0.2, -0.15) is 4.31 Å². The number of anilines is 1. The van der Waals surface area contributed by atoms with E-state index in [1.54, 1.807) is 37.7 Å². The lowest BCUT2D eigenvalue weighted by Crippen LogP contribution is -2.30. The van der Waals surface area contributed by atoms with Gasteiger partial charge in [-0.1, -0.05) is 13.8 Å². The van der Waals surface area contributed by atoms with Gasteiger partial charge in [0.05, 0.1) is 4.90 Å². The predicted octanol–water partition coefficient (Wildman–Crippen LogP) is 3.46. The van der Waals surface area contributed by atoms with Crippen LogP contribution in [0, 0.1) is 0 Å². The summed E-state index contributed by atoms with van der Waals surface area (Å²) in [4.78, 5) is 13.3. The van der Waals surface area contributed by atoms with Crippen molar-refractivity contribution in [3.05, 3.63) is 48.5 Å². The molecule has 27 heavy (non-hydrogen) atoms. The lowest BCUT2D eigenvalue weighted by Gasteiger charge is -2.18. The summed E-state index contributed by atoms with van der Waals surface area (Å²) in [6.45, 7) is 4.28. The fraction of sp³-hybridized carbons (Fsp3) is 0.316. The second-order valence-electron chi connectivity index (χ2n) is 5.63. The second-order valence-corrected chi connectivity index (χ2v) is 8.44. The Morgan fingerprint density at radius 1 is 1.04 bits per heavy atom. The molecule has 0 aliphatic heterocycles. The van der Waals surface area contributed by atoms with E-state index >= 15 is 0 Å². The summed E-state index contributed by atoms with van der Waals surface area (Å²) in [5.41, 5.74) is 0.514. The minimum atomic E-state index is -3.50. The monoisotopic (exact) mass is 408 g/mol. The van der Waals surface area contributed by atoms with Crippen LogP contribution in [0.5, 0.6) is 5.75 Å². The molecule has 1 amide bonds. The average Bonchev–Trinajstić information content (AvgIpc) is 2.68. The zero-order chi connectivity index (χ0) is 19.9. The van der Waals surface area contributed by atoms with Crippen molar-refractivity contribution >= 4 is 33.4 Å². The Morgan fingerprint density at radius 3 is 2.15 bits per heavy atom. The Morgan fingerprint density at radius 2 is 1.63 bits per heavy atom. The minimum Gasteiger partial charge on any atom is -0.484 e. The highest BCUT2D eigenvalue weighted by Gasteiger charge is 2.21. The lowest BCUT2D eigenvalue weighted by molar-refractivity contribution is -0.118. The summed E-state index contributed by atoms with van der Waals surface area (Å²) in [5.74, 6) is 0.298. The summed E-state index contributed by atoms with van der Waals surface area (Å²) in [6, 6.07) is 13.6. The molecule has 2 aromatic carbocycles. The number of thioether (sulfide) groups is 1. The van der Waals surface area contributed by atoms with Gasteiger partial charge in [0.15, 0.2) is 6.61 Å². The number of nitrogens with one attached hydrogen (secondary N) is 1. The van der Waals surface area contributed by atoms with Gasteiger partial charge in [-0.3, -0.25) is 4.79 Å². The molecule has 0 aliphatic carbocycles. The van der Waals surface area contributed by atoms with Gasteiger partial charge in [0.25, 0.3) is 5.91 Å². The van der Waals surface area contributed by atoms with E-state index in [0.29, 0.717) is 24.5 Å². The highest BCUT2D eigenvalue weighted by molar-refractivity contribution is 7.98. The molecule has 0 aliphatic rings. The molecule has 6 nitrogen and oxygen atoms in total. The van der Waals surface area contributed by atoms with Crippen molar-refractivity contribution in [1.29, 1.82) is 0 Å². The summed E-state index contributed by atoms with van der Waals surface area (Å²) < 4.78 is 31.7. The van der Waals surface area contributed by atoms with Gasteiger partial charge < -0.3 is 10.1 Å². The molecule has 1 N–H and O–H groups in total. The molecule has 0 fully saturated rings. The van der Waals surface area contributed by atoms with Crippen molar-refractivity contribution < 1.29 is 17.9 Å². The third-order valence-corrected chi connectivity index (χ3v) is 6.72. The van der Waals surface area contributed by atoms with Crippen molar-refractivity contribution in [1.82, 2.24) is 4.31 Å². The first-order valence-corrected chi connectivity index (χ1v) is 11.2. The maximum Gasteiger partial charge on any atom is 0.262 e. The van der Waals surface area contributed by atoms with Gasteiger partial charge in [-0.15, -0.1) is 11.8 Å². The Bertz CT molecular complexity index is 846. The number of hydrogen-bond donors (Lipinski definition) is 1. The fourth-order valence-electron chi connectivity index (χ4n) is 2.44. The van der Waals surface area contributed by atoms with Crippen molar-refractivity contribution in [2.45, 2.75) is 23.6 Å². The fourth-order valence-corrected chi connectivity index (χ4v) is 4.31. The Hall–Kier alpha value is -2.03. The van der Waals surface area contributed by atoms with Crippen molar-refractivity contribution in [2.75, 3.05) is 31.3 Å². The Balaban J connectivity index is 1.94. The van der Waals surface area contributed by atoms with Crippen molar-refractivity contribution in [3.63, 3.8) is 0 Å². The first kappa shape index (κ1) is 21.3. The summed E-state index contributed by atoms with van der Waals surface area (Å²) in [7, 11) is -3.50. The summed E-state index contributed by atoms with van der Waals surface area (Å²) in [5, 5.41) is 2.69. The Kier molecular flexibility index (Phi) is 7.70. The largest absolute Gasteiger partial charge is 0.484 e. The minimum absolute atomic E-state index is 0.127. The van der Waals surface area contributed by atoms with Gasteiger partial charge in [-0.25, -0.2) is 8.42 Å². The zero-order valence-corrected chi connectivity index (χ0v) is 17.3. The van der Waals surface area contributed by atoms with Gasteiger partial charge in [0, 0.05) is 23.7 Å². The van der Waals surface area contributed by atoms with Gasteiger partial charge >= 0.3 is 0 Å². The molecule has 0 spiro atoms. The Labute approximate surface area is 165 Å². The first-order valence-electron chi connectivity index (χ1n) is 8.57. The van der Waals surface area contributed by atoms with E-state index in [0.717, 1.165) is 4.90 Å². The number of sulfonamides is 1. The molecular weight excluding hydrogens is 384 g/mol. The molecule has 146 valence electrons. The zero-order valence-electron chi connectivity index (χ0n) is 15.6. The van der Waals surface area contributed by atoms with E-state index in [9.17, 15) is 13.2 Å². The van der Waals surface area contributed by atoms with E-state index in [-0.39, 0.29) is 17.4 Å². The maximum absolute atomic E-state index is 12.5. The average molecular weight is 409 g/mol. The van der Waals surface area contributed by atoms with Gasteiger partial charge in [0.2, 0.25) is 10.0 Å². The molecule has 0 bridgehead atoms. The standard InChI is InChI=1S/C19H24N2O4S2/c1-4-21(5-2)27(23,24)18-12-6-15(7-13-18)20-19(22)14-25-16-8-10-17(26-3)11-9-16/h6-13H,4-5,14H2,1-3H3,(H,20,22). The molecule has 8 heteroatoms. The second kappa shape index (κ2) is 9.77. The molecule has 0 radical (unpaired) electrons. The van der Waals surface area contributed by atoms with Crippen LogP contribution in [-0.4, -0.2) is 44.6 Å². The number of carbonyl (C=O) groups is 1. The molecule has 0 saturated heterocycles. The topological polar surface area (TPSA) is 75.7 Å². The number of rotatable bonds is 9. The number of amides is 1. The molecule has 0 heterocycles. The molecule has 2 aromatic rings. The summed E-state index contributed by atoms with van der Waals surface area (Å²) in [6.07, 6.45) is 1.99. The molecule has 0 aromatic heterocycles. The normalized spacial score (nSPS) is 11.4. The van der Waals surface area contributed by atoms with Crippen LogP contribution in [0.1, 0.15) is 13.8 Å². The third-order valence-electron chi connectivity index (χ3n) is 3.91. The molecule has 0 saturated carbocycles. The summed E-state index contributed by atoms with van der Waals surface area (Å²) >= 11 is 1.63. The molecule has 0 atom stereocenters. The third kappa shape index (κ3) is 5.72. The van der Waals surface area contributed by atoms with Crippen molar-refractivity contribution in [3.8, 4) is 5.75 Å². The number of carbonyl (C=O) groups excluding carboxylic acids is 1. The van der Waals surface area contributed by atoms with Crippen LogP contribution in [0.25, 0.3) is 0 Å². The maximum atomic E-state index is 12.5. The van der Waals surface area contributed by atoms with Crippen LogP contribution in [0.2, 0.25) is 0 Å². The van der Waals surface area contributed by atoms with E-state index in [1.807, 2.05) is 30.5 Å². The molecular formula is C19H24N2O4S2. The van der Waals surface area contributed by atoms with Crippen LogP contribution in [0.15, 0.2) is 58.3 Å². The van der Waals surface area contributed by atoms with Crippen molar-refractivity contribution in [2.24, 2.45) is 0 Å². The highest BCUT2D eigenvalue weighted by Crippen LogP contribution is 2.20. The first-order chi connectivity index (χ1) is 12.9. The van der Waals surface area contributed by atoms with Crippen LogP contribution in [0.4, 0.5) is 5.69 Å². The quantitative estimate of drug-likeness (QED) is 0.643. The van der Waals surface area contributed by atoms with E-state index in [2.05, 4.69) is 5.32 Å². The number of benzene rings is 2. The molecule has 2 rings (SSSR count). The van der Waals surface area contributed by atoms with Crippen LogP contribution in [-0.2, 0) is 14.8 Å².